The van der Waals surface area contributed by atoms with E-state index in [2.05, 4.69) is 34.0 Å². The lowest BCUT2D eigenvalue weighted by Gasteiger charge is -2.30. The van der Waals surface area contributed by atoms with Gasteiger partial charge in [0.15, 0.2) is 0 Å². The summed E-state index contributed by atoms with van der Waals surface area (Å²) in [6.45, 7) is 8.97. The number of anilines is 1. The van der Waals surface area contributed by atoms with Crippen LogP contribution >= 0.6 is 0 Å². The number of aromatic amines is 1. The van der Waals surface area contributed by atoms with E-state index >= 15 is 0 Å². The minimum absolute atomic E-state index is 0.107. The second-order valence-electron chi connectivity index (χ2n) is 7.83. The zero-order chi connectivity index (χ0) is 20.4. The first-order valence-electron chi connectivity index (χ1n) is 9.70. The van der Waals surface area contributed by atoms with Gasteiger partial charge < -0.3 is 4.90 Å². The van der Waals surface area contributed by atoms with Crippen LogP contribution in [0.2, 0.25) is 0 Å². The average molecular weight is 384 g/mol. The van der Waals surface area contributed by atoms with Crippen molar-refractivity contribution in [2.75, 3.05) is 18.5 Å². The third kappa shape index (κ3) is 4.05. The fourth-order valence-electron chi connectivity index (χ4n) is 3.38. The molecule has 3 heterocycles. The van der Waals surface area contributed by atoms with E-state index in [-0.39, 0.29) is 18.4 Å². The van der Waals surface area contributed by atoms with Gasteiger partial charge in [0.1, 0.15) is 11.6 Å². The first-order valence-corrected chi connectivity index (χ1v) is 9.70. The quantitative estimate of drug-likeness (QED) is 0.825. The van der Waals surface area contributed by atoms with Crippen LogP contribution in [0.5, 0.6) is 0 Å². The fourth-order valence-corrected chi connectivity index (χ4v) is 3.38. The summed E-state index contributed by atoms with van der Waals surface area (Å²) >= 11 is 0. The van der Waals surface area contributed by atoms with Crippen LogP contribution in [0.3, 0.4) is 0 Å². The van der Waals surface area contributed by atoms with Crippen molar-refractivity contribution in [2.45, 2.75) is 53.5 Å². The molecular weight excluding hydrogens is 356 g/mol. The number of nitrogens with one attached hydrogen (secondary N) is 1. The topological polar surface area (TPSA) is 95.1 Å². The van der Waals surface area contributed by atoms with E-state index in [1.807, 2.05) is 13.8 Å². The molecule has 0 saturated carbocycles. The number of H-pyrrole nitrogens is 1. The van der Waals surface area contributed by atoms with Crippen molar-refractivity contribution in [3.8, 4) is 0 Å². The lowest BCUT2D eigenvalue weighted by atomic mass is 10.0. The number of aromatic nitrogens is 4. The van der Waals surface area contributed by atoms with Gasteiger partial charge in [0.05, 0.1) is 18.3 Å². The predicted octanol–water partition coefficient (Wildman–Crippen LogP) is 2.41. The molecule has 28 heavy (non-hydrogen) atoms. The molecule has 0 aliphatic carbocycles. The highest BCUT2D eigenvalue weighted by Crippen LogP contribution is 2.28. The molecule has 2 amide bonds. The second kappa shape index (κ2) is 8.08. The molecule has 0 unspecified atom stereocenters. The number of amides is 2. The zero-order valence-corrected chi connectivity index (χ0v) is 17.2. The largest absolute Gasteiger partial charge is 0.334 e. The Kier molecular flexibility index (Phi) is 5.76. The number of hydrogen-bond acceptors (Lipinski definition) is 5. The molecule has 0 fully saturated rings. The fraction of sp³-hybridized carbons (Fsp3) is 0.550. The number of carbonyl (C=O) groups excluding carboxylic acids is 2. The molecule has 0 aromatic carbocycles. The van der Waals surface area contributed by atoms with E-state index in [1.54, 1.807) is 16.8 Å². The summed E-state index contributed by atoms with van der Waals surface area (Å²) in [7, 11) is 1.72. The molecule has 0 atom stereocenters. The normalized spacial score (nSPS) is 13.8. The van der Waals surface area contributed by atoms with Gasteiger partial charge in [-0.3, -0.25) is 19.6 Å². The maximum atomic E-state index is 12.6. The van der Waals surface area contributed by atoms with Crippen molar-refractivity contribution >= 4 is 17.6 Å². The van der Waals surface area contributed by atoms with E-state index in [0.717, 1.165) is 23.4 Å². The number of rotatable bonds is 6. The van der Waals surface area contributed by atoms with Crippen molar-refractivity contribution in [2.24, 2.45) is 5.92 Å². The van der Waals surface area contributed by atoms with Crippen LogP contribution in [0, 0.1) is 19.8 Å². The van der Waals surface area contributed by atoms with E-state index < -0.39 is 0 Å². The Labute approximate surface area is 165 Å². The van der Waals surface area contributed by atoms with Crippen LogP contribution < -0.4 is 4.90 Å². The van der Waals surface area contributed by atoms with Gasteiger partial charge in [-0.2, -0.15) is 5.10 Å². The molecule has 1 aliphatic heterocycles. The molecular formula is C20H28N6O2. The highest BCUT2D eigenvalue weighted by Gasteiger charge is 2.28. The van der Waals surface area contributed by atoms with Crippen LogP contribution in [-0.4, -0.2) is 50.5 Å². The van der Waals surface area contributed by atoms with Gasteiger partial charge in [-0.15, -0.1) is 0 Å². The molecule has 0 radical (unpaired) electrons. The molecule has 0 bridgehead atoms. The van der Waals surface area contributed by atoms with Crippen LogP contribution in [0.4, 0.5) is 5.82 Å². The van der Waals surface area contributed by atoms with Crippen LogP contribution in [0.1, 0.15) is 59.8 Å². The lowest BCUT2D eigenvalue weighted by Crippen LogP contribution is -2.38. The van der Waals surface area contributed by atoms with Crippen LogP contribution in [0.25, 0.3) is 0 Å². The highest BCUT2D eigenvalue weighted by atomic mass is 16.2. The van der Waals surface area contributed by atoms with Gasteiger partial charge in [0.2, 0.25) is 5.91 Å². The first kappa shape index (κ1) is 20.0. The summed E-state index contributed by atoms with van der Waals surface area (Å²) in [6.07, 6.45) is 3.61. The summed E-state index contributed by atoms with van der Waals surface area (Å²) in [4.78, 5) is 37.8. The summed E-state index contributed by atoms with van der Waals surface area (Å²) in [5, 5.41) is 6.69. The van der Waals surface area contributed by atoms with Gasteiger partial charge in [-0.25, -0.2) is 9.97 Å². The predicted molar refractivity (Wildman–Crippen MR) is 106 cm³/mol. The smallest absolute Gasteiger partial charge is 0.257 e. The molecule has 0 saturated heterocycles. The average Bonchev–Trinajstić information content (AvgIpc) is 3.05. The maximum Gasteiger partial charge on any atom is 0.257 e. The van der Waals surface area contributed by atoms with E-state index in [9.17, 15) is 9.59 Å². The molecule has 3 rings (SSSR count). The summed E-state index contributed by atoms with van der Waals surface area (Å²) in [6, 6.07) is 0. The van der Waals surface area contributed by atoms with E-state index in [0.29, 0.717) is 42.5 Å². The highest BCUT2D eigenvalue weighted by molar-refractivity contribution is 5.96. The van der Waals surface area contributed by atoms with Crippen molar-refractivity contribution in [1.29, 1.82) is 0 Å². The molecule has 8 heteroatoms. The second-order valence-corrected chi connectivity index (χ2v) is 7.83. The Morgan fingerprint density at radius 3 is 2.68 bits per heavy atom. The van der Waals surface area contributed by atoms with Gasteiger partial charge >= 0.3 is 0 Å². The number of aryl methyl sites for hydroxylation is 2. The number of hydrogen-bond donors (Lipinski definition) is 1. The van der Waals surface area contributed by atoms with Crippen molar-refractivity contribution in [3.05, 3.63) is 34.5 Å². The van der Waals surface area contributed by atoms with Crippen molar-refractivity contribution < 1.29 is 9.59 Å². The number of nitrogens with zero attached hydrogens (tertiary/aromatic N) is 5. The van der Waals surface area contributed by atoms with Crippen LogP contribution in [-0.2, 0) is 17.8 Å². The molecule has 2 aromatic rings. The Morgan fingerprint density at radius 2 is 2.04 bits per heavy atom. The van der Waals surface area contributed by atoms with E-state index in [4.69, 9.17) is 0 Å². The Balaban J connectivity index is 1.85. The summed E-state index contributed by atoms with van der Waals surface area (Å²) in [5.41, 5.74) is 3.17. The molecule has 1 aliphatic rings. The lowest BCUT2D eigenvalue weighted by molar-refractivity contribution is -0.119. The Hall–Kier alpha value is -2.77. The Morgan fingerprint density at radius 1 is 1.29 bits per heavy atom. The summed E-state index contributed by atoms with van der Waals surface area (Å²) in [5.74, 6) is 1.72. The zero-order valence-electron chi connectivity index (χ0n) is 17.2. The van der Waals surface area contributed by atoms with Gasteiger partial charge in [0.25, 0.3) is 5.91 Å². The number of carbonyl (C=O) groups is 2. The van der Waals surface area contributed by atoms with Gasteiger partial charge in [-0.05, 0) is 32.6 Å². The molecule has 0 spiro atoms. The van der Waals surface area contributed by atoms with E-state index in [1.165, 1.54) is 6.20 Å². The molecule has 2 aromatic heterocycles. The minimum Gasteiger partial charge on any atom is -0.334 e. The molecule has 8 nitrogen and oxygen atoms in total. The molecule has 150 valence electrons. The third-order valence-electron chi connectivity index (χ3n) is 5.10. The third-order valence-corrected chi connectivity index (χ3v) is 5.10. The van der Waals surface area contributed by atoms with Gasteiger partial charge in [0, 0.05) is 37.0 Å². The number of fused-ring (bicyclic) bond motifs is 1. The van der Waals surface area contributed by atoms with Crippen molar-refractivity contribution in [1.82, 2.24) is 25.1 Å². The summed E-state index contributed by atoms with van der Waals surface area (Å²) < 4.78 is 0. The molecule has 1 N–H and O–H groups in total. The maximum absolute atomic E-state index is 12.6. The van der Waals surface area contributed by atoms with Crippen LogP contribution in [0.15, 0.2) is 6.20 Å². The van der Waals surface area contributed by atoms with Gasteiger partial charge in [-0.1, -0.05) is 13.8 Å². The SMILES string of the molecule is Cc1nc(CN(C)C(=O)c2cn[nH]c2C)nc2c1CCC(=O)N2CCC(C)C. The minimum atomic E-state index is -0.141. The Bertz CT molecular complexity index is 889. The standard InChI is InChI=1S/C20H28N6O2/c1-12(2)8-9-26-18(27)7-6-15-13(3)22-17(23-19(15)26)11-25(5)20(28)16-10-21-24-14(16)4/h10,12H,6-9,11H2,1-5H3,(H,21,24). The van der Waals surface area contributed by atoms with Crippen molar-refractivity contribution in [3.63, 3.8) is 0 Å². The first-order chi connectivity index (χ1) is 13.3. The monoisotopic (exact) mass is 384 g/mol.